The predicted molar refractivity (Wildman–Crippen MR) is 112 cm³/mol. The van der Waals surface area contributed by atoms with Crippen molar-refractivity contribution in [3.05, 3.63) is 53.4 Å². The number of fused-ring (bicyclic) bond motifs is 1. The van der Waals surface area contributed by atoms with Crippen molar-refractivity contribution in [3.8, 4) is 11.4 Å². The summed E-state index contributed by atoms with van der Waals surface area (Å²) in [5.74, 6) is 2.20. The molecule has 7 nitrogen and oxygen atoms in total. The van der Waals surface area contributed by atoms with Crippen LogP contribution in [0.5, 0.6) is 0 Å². The van der Waals surface area contributed by atoms with Crippen molar-refractivity contribution in [1.29, 1.82) is 0 Å². The van der Waals surface area contributed by atoms with Crippen LogP contribution in [0.4, 0.5) is 11.8 Å². The van der Waals surface area contributed by atoms with Crippen LogP contribution >= 0.6 is 34.2 Å². The molecule has 0 aliphatic heterocycles. The Bertz CT molecular complexity index is 1030. The molecule has 0 aliphatic rings. The highest BCUT2D eigenvalue weighted by atomic mass is 127. The molecule has 0 bridgehead atoms. The lowest BCUT2D eigenvalue weighted by Gasteiger charge is -2.09. The maximum atomic E-state index is 6.28. The van der Waals surface area contributed by atoms with Gasteiger partial charge in [-0.2, -0.15) is 4.98 Å². The lowest BCUT2D eigenvalue weighted by molar-refractivity contribution is 1.04. The first-order valence-corrected chi connectivity index (χ1v) is 10.2. The number of alkyl halides is 1. The van der Waals surface area contributed by atoms with E-state index in [0.29, 0.717) is 34.1 Å². The summed E-state index contributed by atoms with van der Waals surface area (Å²) < 4.78 is 0. The number of aryl methyl sites for hydroxylation is 1. The molecule has 0 amide bonds. The summed E-state index contributed by atoms with van der Waals surface area (Å²) in [6.45, 7) is 1.83. The van der Waals surface area contributed by atoms with Gasteiger partial charge in [-0.05, 0) is 36.1 Å². The lowest BCUT2D eigenvalue weighted by atomic mass is 10.2. The van der Waals surface area contributed by atoms with Crippen LogP contribution < -0.4 is 5.32 Å². The highest BCUT2D eigenvalue weighted by Crippen LogP contribution is 2.29. The number of anilines is 2. The van der Waals surface area contributed by atoms with Gasteiger partial charge in [0, 0.05) is 11.8 Å². The second-order valence-corrected chi connectivity index (χ2v) is 5.53. The molecule has 132 valence electrons. The van der Waals surface area contributed by atoms with Crippen molar-refractivity contribution in [2.24, 2.45) is 0 Å². The number of hydrogen-bond acceptors (Lipinski definition) is 6. The first-order chi connectivity index (χ1) is 12.7. The second-order valence-electron chi connectivity index (χ2n) is 5.12. The zero-order valence-corrected chi connectivity index (χ0v) is 16.9. The molecule has 0 fully saturated rings. The first-order valence-electron chi connectivity index (χ1n) is 7.62. The van der Waals surface area contributed by atoms with E-state index in [0.717, 1.165) is 10.9 Å². The van der Waals surface area contributed by atoms with Gasteiger partial charge in [-0.15, -0.1) is 5.10 Å². The van der Waals surface area contributed by atoms with E-state index in [9.17, 15) is 0 Å². The lowest BCUT2D eigenvalue weighted by Crippen LogP contribution is -2.01. The van der Waals surface area contributed by atoms with Crippen molar-refractivity contribution >= 4 is 57.0 Å². The molecule has 3 heterocycles. The normalized spacial score (nSPS) is 10.3. The number of hydrogen-bond donors (Lipinski definition) is 2. The molecule has 0 aliphatic carbocycles. The van der Waals surface area contributed by atoms with Gasteiger partial charge >= 0.3 is 0 Å². The molecule has 4 rings (SSSR count). The Kier molecular flexibility index (Phi) is 5.94. The largest absolute Gasteiger partial charge is 0.307 e. The average Bonchev–Trinajstić information content (AvgIpc) is 3.08. The maximum absolute atomic E-state index is 6.28. The Labute approximate surface area is 168 Å². The summed E-state index contributed by atoms with van der Waals surface area (Å²) in [6, 6.07) is 11.1. The number of benzene rings is 1. The van der Waals surface area contributed by atoms with Gasteiger partial charge in [-0.1, -0.05) is 46.3 Å². The van der Waals surface area contributed by atoms with Crippen molar-refractivity contribution in [2.45, 2.75) is 6.92 Å². The Morgan fingerprint density at radius 1 is 1.04 bits per heavy atom. The third-order valence-electron chi connectivity index (χ3n) is 3.41. The molecular formula is C17H15ClIN7. The quantitative estimate of drug-likeness (QED) is 0.330. The number of pyridine rings is 1. The van der Waals surface area contributed by atoms with Gasteiger partial charge in [0.05, 0.1) is 10.4 Å². The summed E-state index contributed by atoms with van der Waals surface area (Å²) in [6.07, 6.45) is 1.69. The summed E-state index contributed by atoms with van der Waals surface area (Å²) >= 11 is 8.43. The third kappa shape index (κ3) is 3.91. The van der Waals surface area contributed by atoms with E-state index in [1.807, 2.05) is 42.2 Å². The van der Waals surface area contributed by atoms with Crippen LogP contribution in [0.2, 0.25) is 5.02 Å². The van der Waals surface area contributed by atoms with E-state index in [2.05, 4.69) is 58.0 Å². The Balaban J connectivity index is 0.000000948. The van der Waals surface area contributed by atoms with Crippen LogP contribution in [0.3, 0.4) is 0 Å². The fraction of sp³-hybridized carbons (Fsp3) is 0.118. The zero-order valence-electron chi connectivity index (χ0n) is 14.0. The second kappa shape index (κ2) is 8.37. The van der Waals surface area contributed by atoms with E-state index < -0.39 is 0 Å². The highest BCUT2D eigenvalue weighted by Gasteiger charge is 2.13. The molecule has 0 spiro atoms. The number of nitrogens with one attached hydrogen (secondary N) is 2. The smallest absolute Gasteiger partial charge is 0.247 e. The van der Waals surface area contributed by atoms with E-state index in [4.69, 9.17) is 11.6 Å². The molecule has 0 atom stereocenters. The van der Waals surface area contributed by atoms with Crippen molar-refractivity contribution in [3.63, 3.8) is 0 Å². The predicted octanol–water partition coefficient (Wildman–Crippen LogP) is 4.57. The number of halogens is 2. The molecular weight excluding hydrogens is 465 g/mol. The number of nitrogens with zero attached hydrogens (tertiary/aromatic N) is 5. The van der Waals surface area contributed by atoms with Gasteiger partial charge < -0.3 is 5.32 Å². The van der Waals surface area contributed by atoms with Gasteiger partial charge in [0.15, 0.2) is 11.5 Å². The summed E-state index contributed by atoms with van der Waals surface area (Å²) in [5, 5.41) is 11.3. The van der Waals surface area contributed by atoms with Gasteiger partial charge in [0.1, 0.15) is 11.6 Å². The van der Waals surface area contributed by atoms with Crippen LogP contribution in [-0.2, 0) is 0 Å². The fourth-order valence-corrected chi connectivity index (χ4v) is 2.55. The highest BCUT2D eigenvalue weighted by molar-refractivity contribution is 14.1. The Hall–Kier alpha value is -2.33. The standard InChI is InChI=1S/C16H12ClN7.CH3I/c1-9-19-16(24-23-9)22-15-11-6-4-8-18-13(11)20-14(21-15)10-5-2-3-7-12(10)17;1-2/h2-8H,1H3,(H2,18,19,20,21,22,23,24);1H3. The Morgan fingerprint density at radius 3 is 2.58 bits per heavy atom. The molecule has 0 radical (unpaired) electrons. The van der Waals surface area contributed by atoms with Gasteiger partial charge in [0.25, 0.3) is 0 Å². The SMILES string of the molecule is CI.Cc1nc(Nc2nc(-c3ccccc3Cl)nc3ncccc23)n[nH]1. The molecule has 26 heavy (non-hydrogen) atoms. The first kappa shape index (κ1) is 18.5. The maximum Gasteiger partial charge on any atom is 0.247 e. The minimum Gasteiger partial charge on any atom is -0.307 e. The van der Waals surface area contributed by atoms with Crippen LogP contribution in [0.25, 0.3) is 22.4 Å². The number of aromatic amines is 1. The number of H-pyrrole nitrogens is 1. The molecule has 0 unspecified atom stereocenters. The van der Waals surface area contributed by atoms with Gasteiger partial charge in [-0.25, -0.2) is 15.0 Å². The molecule has 0 saturated carbocycles. The molecule has 2 N–H and O–H groups in total. The molecule has 0 saturated heterocycles. The zero-order chi connectivity index (χ0) is 18.5. The van der Waals surface area contributed by atoms with Gasteiger partial charge in [-0.3, -0.25) is 5.10 Å². The van der Waals surface area contributed by atoms with Gasteiger partial charge in [0.2, 0.25) is 5.95 Å². The summed E-state index contributed by atoms with van der Waals surface area (Å²) in [7, 11) is 0. The molecule has 4 aromatic rings. The van der Waals surface area contributed by atoms with E-state index >= 15 is 0 Å². The Morgan fingerprint density at radius 2 is 1.85 bits per heavy atom. The summed E-state index contributed by atoms with van der Waals surface area (Å²) in [4.78, 5) is 19.7. The topological polar surface area (TPSA) is 92.3 Å². The van der Waals surface area contributed by atoms with E-state index in [1.165, 1.54) is 0 Å². The number of aromatic nitrogens is 6. The third-order valence-corrected chi connectivity index (χ3v) is 3.74. The van der Waals surface area contributed by atoms with Crippen LogP contribution in [0.15, 0.2) is 42.6 Å². The van der Waals surface area contributed by atoms with Crippen LogP contribution in [0.1, 0.15) is 5.82 Å². The van der Waals surface area contributed by atoms with Crippen molar-refractivity contribution in [1.82, 2.24) is 30.1 Å². The molecule has 3 aromatic heterocycles. The minimum atomic E-state index is 0.432. The molecule has 1 aromatic carbocycles. The van der Waals surface area contributed by atoms with E-state index in [-0.39, 0.29) is 0 Å². The number of rotatable bonds is 3. The van der Waals surface area contributed by atoms with E-state index in [1.54, 1.807) is 12.3 Å². The van der Waals surface area contributed by atoms with Crippen LogP contribution in [-0.4, -0.2) is 35.1 Å². The fourth-order valence-electron chi connectivity index (χ4n) is 2.33. The average molecular weight is 480 g/mol. The monoisotopic (exact) mass is 479 g/mol. The molecule has 9 heteroatoms. The van der Waals surface area contributed by atoms with Crippen molar-refractivity contribution < 1.29 is 0 Å². The summed E-state index contributed by atoms with van der Waals surface area (Å²) in [5.41, 5.74) is 1.30. The minimum absolute atomic E-state index is 0.432. The van der Waals surface area contributed by atoms with Crippen molar-refractivity contribution in [2.75, 3.05) is 10.2 Å². The van der Waals surface area contributed by atoms with Crippen LogP contribution in [0, 0.1) is 6.92 Å².